The lowest BCUT2D eigenvalue weighted by Crippen LogP contribution is -2.38. The first-order valence-corrected chi connectivity index (χ1v) is 9.90. The summed E-state index contributed by atoms with van der Waals surface area (Å²) in [6.45, 7) is 2.94. The van der Waals surface area contributed by atoms with Gasteiger partial charge in [0.2, 0.25) is 10.0 Å². The van der Waals surface area contributed by atoms with Gasteiger partial charge >= 0.3 is 0 Å². The molecule has 136 valence electrons. The molecule has 0 saturated carbocycles. The summed E-state index contributed by atoms with van der Waals surface area (Å²) < 4.78 is 29.6. The van der Waals surface area contributed by atoms with E-state index >= 15 is 0 Å². The van der Waals surface area contributed by atoms with E-state index in [1.54, 1.807) is 22.8 Å². The zero-order chi connectivity index (χ0) is 18.3. The SMILES string of the molecule is Cc1ccc(S(=O)(=O)N2CCC[C@H]2Cn2cnc3c(N)ncnc32)cc1. The average Bonchev–Trinajstić information content (AvgIpc) is 3.24. The average molecular weight is 372 g/mol. The van der Waals surface area contributed by atoms with Crippen LogP contribution >= 0.6 is 0 Å². The standard InChI is InChI=1S/C17H20N6O2S/c1-12-4-6-14(7-5-12)26(24,25)23-8-2-3-13(23)9-22-11-21-15-16(18)19-10-20-17(15)22/h4-7,10-11,13H,2-3,8-9H2,1H3,(H2,18,19,20)/t13-/m0/s1. The number of nitrogens with zero attached hydrogens (tertiary/aromatic N) is 5. The summed E-state index contributed by atoms with van der Waals surface area (Å²) in [7, 11) is -3.53. The molecule has 9 heteroatoms. The number of sulfonamides is 1. The Kier molecular flexibility index (Phi) is 4.12. The van der Waals surface area contributed by atoms with Crippen molar-refractivity contribution >= 4 is 27.0 Å². The summed E-state index contributed by atoms with van der Waals surface area (Å²) in [6.07, 6.45) is 4.67. The molecular weight excluding hydrogens is 352 g/mol. The van der Waals surface area contributed by atoms with E-state index in [2.05, 4.69) is 15.0 Å². The zero-order valence-electron chi connectivity index (χ0n) is 14.4. The highest BCUT2D eigenvalue weighted by atomic mass is 32.2. The van der Waals surface area contributed by atoms with E-state index in [9.17, 15) is 8.42 Å². The number of aromatic nitrogens is 4. The van der Waals surface area contributed by atoms with E-state index in [4.69, 9.17) is 5.73 Å². The Morgan fingerprint density at radius 1 is 1.19 bits per heavy atom. The number of imidazole rings is 1. The first-order chi connectivity index (χ1) is 12.5. The van der Waals surface area contributed by atoms with Crippen molar-refractivity contribution < 1.29 is 8.42 Å². The molecule has 1 aromatic carbocycles. The molecule has 1 aliphatic rings. The highest BCUT2D eigenvalue weighted by Crippen LogP contribution is 2.28. The van der Waals surface area contributed by atoms with Crippen LogP contribution in [0.3, 0.4) is 0 Å². The van der Waals surface area contributed by atoms with E-state index in [1.165, 1.54) is 6.33 Å². The summed E-state index contributed by atoms with van der Waals surface area (Å²) >= 11 is 0. The van der Waals surface area contributed by atoms with Crippen LogP contribution in [0.2, 0.25) is 0 Å². The Morgan fingerprint density at radius 2 is 1.96 bits per heavy atom. The number of fused-ring (bicyclic) bond motifs is 1. The summed E-state index contributed by atoms with van der Waals surface area (Å²) in [5.74, 6) is 0.323. The summed E-state index contributed by atoms with van der Waals surface area (Å²) in [4.78, 5) is 12.8. The third-order valence-corrected chi connectivity index (χ3v) is 6.75. The van der Waals surface area contributed by atoms with Crippen LogP contribution in [0.25, 0.3) is 11.2 Å². The van der Waals surface area contributed by atoms with Gasteiger partial charge in [-0.1, -0.05) is 17.7 Å². The number of nitrogens with two attached hydrogens (primary N) is 1. The van der Waals surface area contributed by atoms with Crippen LogP contribution in [0.15, 0.2) is 41.8 Å². The Labute approximate surface area is 151 Å². The molecule has 26 heavy (non-hydrogen) atoms. The van der Waals surface area contributed by atoms with Crippen LogP contribution in [0.5, 0.6) is 0 Å². The molecule has 2 N–H and O–H groups in total. The van der Waals surface area contributed by atoms with Gasteiger partial charge in [-0.3, -0.25) is 0 Å². The molecule has 4 rings (SSSR count). The fourth-order valence-electron chi connectivity index (χ4n) is 3.41. The van der Waals surface area contributed by atoms with Gasteiger partial charge in [0.1, 0.15) is 11.8 Å². The third kappa shape index (κ3) is 2.82. The van der Waals surface area contributed by atoms with Crippen molar-refractivity contribution in [2.75, 3.05) is 12.3 Å². The van der Waals surface area contributed by atoms with Crippen LogP contribution < -0.4 is 5.73 Å². The van der Waals surface area contributed by atoms with Crippen molar-refractivity contribution in [1.82, 2.24) is 23.8 Å². The molecule has 2 aromatic heterocycles. The number of rotatable bonds is 4. The second kappa shape index (κ2) is 6.33. The lowest BCUT2D eigenvalue weighted by atomic mass is 10.2. The molecule has 8 nitrogen and oxygen atoms in total. The maximum absolute atomic E-state index is 13.1. The molecule has 1 aliphatic heterocycles. The zero-order valence-corrected chi connectivity index (χ0v) is 15.2. The van der Waals surface area contributed by atoms with Gasteiger partial charge in [-0.15, -0.1) is 0 Å². The molecule has 0 spiro atoms. The predicted octanol–water partition coefficient (Wildman–Crippen LogP) is 1.57. The third-order valence-electron chi connectivity index (χ3n) is 4.79. The molecule has 0 aliphatic carbocycles. The van der Waals surface area contributed by atoms with Crippen LogP contribution in [-0.2, 0) is 16.6 Å². The minimum absolute atomic E-state index is 0.144. The molecule has 1 atom stereocenters. The monoisotopic (exact) mass is 372 g/mol. The predicted molar refractivity (Wildman–Crippen MR) is 97.8 cm³/mol. The van der Waals surface area contributed by atoms with Crippen LogP contribution in [0.1, 0.15) is 18.4 Å². The summed E-state index contributed by atoms with van der Waals surface area (Å²) in [6, 6.07) is 6.83. The molecule has 1 fully saturated rings. The molecule has 3 heterocycles. The summed E-state index contributed by atoms with van der Waals surface area (Å²) in [5, 5.41) is 0. The normalized spacial score (nSPS) is 18.6. The van der Waals surface area contributed by atoms with Crippen LogP contribution in [-0.4, -0.2) is 44.8 Å². The minimum atomic E-state index is -3.53. The Hall–Kier alpha value is -2.52. The van der Waals surface area contributed by atoms with Crippen molar-refractivity contribution in [1.29, 1.82) is 0 Å². The van der Waals surface area contributed by atoms with Gasteiger partial charge in [0.05, 0.1) is 11.2 Å². The number of nitrogen functional groups attached to an aromatic ring is 1. The topological polar surface area (TPSA) is 107 Å². The quantitative estimate of drug-likeness (QED) is 0.745. The maximum Gasteiger partial charge on any atom is 0.243 e. The van der Waals surface area contributed by atoms with Crippen LogP contribution in [0.4, 0.5) is 5.82 Å². The van der Waals surface area contributed by atoms with Gasteiger partial charge in [-0.05, 0) is 31.9 Å². The highest BCUT2D eigenvalue weighted by molar-refractivity contribution is 7.89. The number of hydrogen-bond donors (Lipinski definition) is 1. The van der Waals surface area contributed by atoms with Crippen molar-refractivity contribution in [3.63, 3.8) is 0 Å². The lowest BCUT2D eigenvalue weighted by Gasteiger charge is -2.24. The smallest absolute Gasteiger partial charge is 0.243 e. The van der Waals surface area contributed by atoms with Gasteiger partial charge in [-0.25, -0.2) is 23.4 Å². The van der Waals surface area contributed by atoms with E-state index in [0.29, 0.717) is 35.0 Å². The maximum atomic E-state index is 13.1. The fraction of sp³-hybridized carbons (Fsp3) is 0.353. The van der Waals surface area contributed by atoms with Gasteiger partial charge in [0.25, 0.3) is 0 Å². The van der Waals surface area contributed by atoms with Crippen molar-refractivity contribution in [2.45, 2.75) is 37.2 Å². The second-order valence-electron chi connectivity index (χ2n) is 6.55. The summed E-state index contributed by atoms with van der Waals surface area (Å²) in [5.41, 5.74) is 8.02. The van der Waals surface area contributed by atoms with E-state index in [-0.39, 0.29) is 6.04 Å². The molecule has 0 amide bonds. The van der Waals surface area contributed by atoms with Crippen LogP contribution in [0, 0.1) is 6.92 Å². The molecule has 0 radical (unpaired) electrons. The molecule has 1 saturated heterocycles. The molecular formula is C17H20N6O2S. The van der Waals surface area contributed by atoms with E-state index in [1.807, 2.05) is 23.6 Å². The van der Waals surface area contributed by atoms with Gasteiger partial charge in [-0.2, -0.15) is 4.31 Å². The lowest BCUT2D eigenvalue weighted by molar-refractivity contribution is 0.354. The largest absolute Gasteiger partial charge is 0.382 e. The number of aryl methyl sites for hydroxylation is 1. The van der Waals surface area contributed by atoms with Gasteiger partial charge in [0, 0.05) is 19.1 Å². The Morgan fingerprint density at radius 3 is 2.73 bits per heavy atom. The first kappa shape index (κ1) is 16.9. The van der Waals surface area contributed by atoms with Crippen molar-refractivity contribution in [2.24, 2.45) is 0 Å². The Balaban J connectivity index is 1.64. The molecule has 3 aromatic rings. The van der Waals surface area contributed by atoms with Gasteiger partial charge in [0.15, 0.2) is 11.5 Å². The number of anilines is 1. The van der Waals surface area contributed by atoms with E-state index < -0.39 is 10.0 Å². The highest BCUT2D eigenvalue weighted by Gasteiger charge is 2.35. The number of hydrogen-bond acceptors (Lipinski definition) is 6. The molecule has 0 bridgehead atoms. The van der Waals surface area contributed by atoms with Crippen molar-refractivity contribution in [3.05, 3.63) is 42.5 Å². The number of benzene rings is 1. The first-order valence-electron chi connectivity index (χ1n) is 8.46. The Bertz CT molecular complexity index is 1040. The second-order valence-corrected chi connectivity index (χ2v) is 8.44. The fourth-order valence-corrected chi connectivity index (χ4v) is 5.10. The van der Waals surface area contributed by atoms with E-state index in [0.717, 1.165) is 18.4 Å². The van der Waals surface area contributed by atoms with Crippen molar-refractivity contribution in [3.8, 4) is 0 Å². The molecule has 0 unspecified atom stereocenters. The van der Waals surface area contributed by atoms with Gasteiger partial charge < -0.3 is 10.3 Å². The minimum Gasteiger partial charge on any atom is -0.382 e.